The Balaban J connectivity index is 2.26. The molecule has 0 N–H and O–H groups in total. The second-order valence-corrected chi connectivity index (χ2v) is 3.29. The van der Waals surface area contributed by atoms with Gasteiger partial charge < -0.3 is 4.74 Å². The number of esters is 1. The number of ether oxygens (including phenoxy) is 1. The minimum absolute atomic E-state index is 0.0644. The summed E-state index contributed by atoms with van der Waals surface area (Å²) < 4.78 is 19.4. The van der Waals surface area contributed by atoms with E-state index in [1.54, 1.807) is 19.1 Å². The van der Waals surface area contributed by atoms with Crippen LogP contribution in [0.2, 0.25) is 0 Å². The summed E-state index contributed by atoms with van der Waals surface area (Å²) in [5, 5.41) is 0. The molecule has 2 heterocycles. The van der Waals surface area contributed by atoms with Gasteiger partial charge in [0.1, 0.15) is 5.65 Å². The Morgan fingerprint density at radius 3 is 3.06 bits per heavy atom. The Hall–Kier alpha value is -1.91. The monoisotopic (exact) mass is 222 g/mol. The zero-order chi connectivity index (χ0) is 11.5. The predicted molar refractivity (Wildman–Crippen MR) is 55.5 cm³/mol. The van der Waals surface area contributed by atoms with E-state index in [0.29, 0.717) is 17.9 Å². The van der Waals surface area contributed by atoms with Crippen molar-refractivity contribution in [2.24, 2.45) is 0 Å². The van der Waals surface area contributed by atoms with Gasteiger partial charge in [0.15, 0.2) is 5.95 Å². The number of imidazole rings is 1. The Morgan fingerprint density at radius 2 is 2.38 bits per heavy atom. The van der Waals surface area contributed by atoms with Gasteiger partial charge in [0.05, 0.1) is 18.7 Å². The Bertz CT molecular complexity index is 522. The van der Waals surface area contributed by atoms with Crippen LogP contribution in [0, 0.1) is 5.95 Å². The number of hydrogen-bond acceptors (Lipinski definition) is 3. The molecule has 0 unspecified atom stereocenters. The van der Waals surface area contributed by atoms with Crippen LogP contribution in [-0.2, 0) is 16.0 Å². The average Bonchev–Trinajstić information content (AvgIpc) is 2.62. The fourth-order valence-electron chi connectivity index (χ4n) is 1.47. The maximum Gasteiger partial charge on any atom is 0.311 e. The smallest absolute Gasteiger partial charge is 0.311 e. The molecule has 84 valence electrons. The largest absolute Gasteiger partial charge is 0.466 e. The van der Waals surface area contributed by atoms with Crippen LogP contribution in [0.15, 0.2) is 24.4 Å². The third kappa shape index (κ3) is 2.03. The summed E-state index contributed by atoms with van der Waals surface area (Å²) in [6.07, 6.45) is 1.57. The van der Waals surface area contributed by atoms with Crippen molar-refractivity contribution in [1.29, 1.82) is 0 Å². The van der Waals surface area contributed by atoms with Crippen LogP contribution in [0.4, 0.5) is 4.39 Å². The van der Waals surface area contributed by atoms with Gasteiger partial charge in [0.2, 0.25) is 0 Å². The highest BCUT2D eigenvalue weighted by molar-refractivity contribution is 5.72. The molecule has 0 radical (unpaired) electrons. The minimum Gasteiger partial charge on any atom is -0.466 e. The number of hydrogen-bond donors (Lipinski definition) is 0. The van der Waals surface area contributed by atoms with Gasteiger partial charge in [-0.25, -0.2) is 4.98 Å². The van der Waals surface area contributed by atoms with E-state index in [0.717, 1.165) is 0 Å². The highest BCUT2D eigenvalue weighted by Crippen LogP contribution is 2.08. The Kier molecular flexibility index (Phi) is 2.85. The second-order valence-electron chi connectivity index (χ2n) is 3.29. The number of aromatic nitrogens is 2. The lowest BCUT2D eigenvalue weighted by Crippen LogP contribution is -2.07. The first kappa shape index (κ1) is 10.6. The second kappa shape index (κ2) is 4.30. The maximum absolute atomic E-state index is 13.3. The highest BCUT2D eigenvalue weighted by atomic mass is 19.1. The quantitative estimate of drug-likeness (QED) is 0.585. The van der Waals surface area contributed by atoms with Crippen LogP contribution < -0.4 is 0 Å². The molecule has 2 aromatic heterocycles. The van der Waals surface area contributed by atoms with E-state index in [-0.39, 0.29) is 12.4 Å². The number of nitrogens with zero attached hydrogens (tertiary/aromatic N) is 2. The van der Waals surface area contributed by atoms with E-state index in [4.69, 9.17) is 4.74 Å². The minimum atomic E-state index is -0.403. The van der Waals surface area contributed by atoms with Gasteiger partial charge in [-0.2, -0.15) is 4.39 Å². The topological polar surface area (TPSA) is 43.6 Å². The van der Waals surface area contributed by atoms with Crippen LogP contribution >= 0.6 is 0 Å². The molecule has 4 nitrogen and oxygen atoms in total. The van der Waals surface area contributed by atoms with Crippen molar-refractivity contribution in [2.75, 3.05) is 6.61 Å². The Morgan fingerprint density at radius 1 is 1.56 bits per heavy atom. The summed E-state index contributed by atoms with van der Waals surface area (Å²) >= 11 is 0. The normalized spacial score (nSPS) is 10.6. The number of carbonyl (C=O) groups excluding carboxylic acids is 1. The standard InChI is InChI=1S/C11H11FN2O2/c1-2-16-11(15)6-8-7-14-9(12)4-3-5-10(14)13-8/h3-5,7H,2,6H2,1H3. The summed E-state index contributed by atoms with van der Waals surface area (Å²) in [7, 11) is 0. The molecule has 0 bridgehead atoms. The first-order valence-electron chi connectivity index (χ1n) is 4.99. The molecule has 0 fully saturated rings. The van der Waals surface area contributed by atoms with Crippen molar-refractivity contribution < 1.29 is 13.9 Å². The lowest BCUT2D eigenvalue weighted by atomic mass is 10.3. The summed E-state index contributed by atoms with van der Waals surface area (Å²) in [4.78, 5) is 15.3. The van der Waals surface area contributed by atoms with Crippen molar-refractivity contribution in [3.05, 3.63) is 36.0 Å². The number of rotatable bonds is 3. The van der Waals surface area contributed by atoms with Gasteiger partial charge in [-0.05, 0) is 19.1 Å². The summed E-state index contributed by atoms with van der Waals surface area (Å²) in [5.41, 5.74) is 0.989. The van der Waals surface area contributed by atoms with Gasteiger partial charge in [0, 0.05) is 6.20 Å². The zero-order valence-corrected chi connectivity index (χ0v) is 8.81. The number of fused-ring (bicyclic) bond motifs is 1. The molecular weight excluding hydrogens is 211 g/mol. The van der Waals surface area contributed by atoms with E-state index in [1.807, 2.05) is 0 Å². The molecule has 0 spiro atoms. The van der Waals surface area contributed by atoms with E-state index >= 15 is 0 Å². The first-order chi connectivity index (χ1) is 7.70. The van der Waals surface area contributed by atoms with Gasteiger partial charge in [-0.3, -0.25) is 9.20 Å². The van der Waals surface area contributed by atoms with E-state index < -0.39 is 5.95 Å². The summed E-state index contributed by atoms with van der Waals surface area (Å²) in [6, 6.07) is 4.59. The molecule has 0 aliphatic heterocycles. The van der Waals surface area contributed by atoms with Crippen LogP contribution in [0.5, 0.6) is 0 Å². The van der Waals surface area contributed by atoms with Crippen molar-refractivity contribution in [3.63, 3.8) is 0 Å². The Labute approximate surface area is 91.7 Å². The average molecular weight is 222 g/mol. The lowest BCUT2D eigenvalue weighted by Gasteiger charge is -1.97. The molecular formula is C11H11FN2O2. The first-order valence-corrected chi connectivity index (χ1v) is 4.99. The van der Waals surface area contributed by atoms with Crippen LogP contribution in [0.1, 0.15) is 12.6 Å². The van der Waals surface area contributed by atoms with Crippen molar-refractivity contribution in [1.82, 2.24) is 9.38 Å². The SMILES string of the molecule is CCOC(=O)Cc1cn2c(F)cccc2n1. The molecule has 0 atom stereocenters. The third-order valence-corrected chi connectivity index (χ3v) is 2.12. The molecule has 0 aliphatic rings. The van der Waals surface area contributed by atoms with Gasteiger partial charge in [-0.1, -0.05) is 6.07 Å². The van der Waals surface area contributed by atoms with Crippen LogP contribution in [0.3, 0.4) is 0 Å². The number of carbonyl (C=O) groups is 1. The predicted octanol–water partition coefficient (Wildman–Crippen LogP) is 1.58. The van der Waals surface area contributed by atoms with E-state index in [2.05, 4.69) is 4.98 Å². The highest BCUT2D eigenvalue weighted by Gasteiger charge is 2.09. The molecule has 0 aromatic carbocycles. The molecule has 16 heavy (non-hydrogen) atoms. The van der Waals surface area contributed by atoms with Crippen LogP contribution in [-0.4, -0.2) is 22.0 Å². The van der Waals surface area contributed by atoms with Gasteiger partial charge in [-0.15, -0.1) is 0 Å². The molecule has 0 saturated carbocycles. The molecule has 0 saturated heterocycles. The maximum atomic E-state index is 13.3. The van der Waals surface area contributed by atoms with E-state index in [1.165, 1.54) is 16.7 Å². The zero-order valence-electron chi connectivity index (χ0n) is 8.81. The van der Waals surface area contributed by atoms with Crippen molar-refractivity contribution >= 4 is 11.6 Å². The number of halogens is 1. The van der Waals surface area contributed by atoms with E-state index in [9.17, 15) is 9.18 Å². The van der Waals surface area contributed by atoms with Gasteiger partial charge >= 0.3 is 5.97 Å². The molecule has 0 amide bonds. The van der Waals surface area contributed by atoms with Crippen molar-refractivity contribution in [3.8, 4) is 0 Å². The van der Waals surface area contributed by atoms with Gasteiger partial charge in [0.25, 0.3) is 0 Å². The summed E-state index contributed by atoms with van der Waals surface area (Å²) in [5.74, 6) is -0.758. The molecule has 0 aliphatic carbocycles. The summed E-state index contributed by atoms with van der Waals surface area (Å²) in [6.45, 7) is 2.07. The molecule has 5 heteroatoms. The van der Waals surface area contributed by atoms with Crippen molar-refractivity contribution in [2.45, 2.75) is 13.3 Å². The fraction of sp³-hybridized carbons (Fsp3) is 0.273. The number of pyridine rings is 1. The fourth-order valence-corrected chi connectivity index (χ4v) is 1.47. The molecule has 2 rings (SSSR count). The molecule has 2 aromatic rings. The van der Waals surface area contributed by atoms with Crippen LogP contribution in [0.25, 0.3) is 5.65 Å². The lowest BCUT2D eigenvalue weighted by molar-refractivity contribution is -0.142. The third-order valence-electron chi connectivity index (χ3n) is 2.12.